The lowest BCUT2D eigenvalue weighted by molar-refractivity contribution is 0.0955. The van der Waals surface area contributed by atoms with Gasteiger partial charge in [-0.2, -0.15) is 0 Å². The van der Waals surface area contributed by atoms with Gasteiger partial charge in [-0.3, -0.25) is 9.78 Å². The minimum Gasteiger partial charge on any atom is -0.352 e. The minimum absolute atomic E-state index is 0.108. The van der Waals surface area contributed by atoms with E-state index in [1.165, 1.54) is 0 Å². The van der Waals surface area contributed by atoms with E-state index in [0.29, 0.717) is 23.3 Å². The molecular weight excluding hydrogens is 192 g/mol. The Morgan fingerprint density at radius 1 is 1.47 bits per heavy atom. The lowest BCUT2D eigenvalue weighted by atomic mass is 10.3. The normalized spacial score (nSPS) is 10.5. The first-order valence-corrected chi connectivity index (χ1v) is 4.89. The summed E-state index contributed by atoms with van der Waals surface area (Å²) >= 11 is 0. The lowest BCUT2D eigenvalue weighted by Crippen LogP contribution is -2.23. The maximum Gasteiger partial charge on any atom is 0.255 e. The van der Waals surface area contributed by atoms with Gasteiger partial charge in [0.25, 0.3) is 5.91 Å². The van der Waals surface area contributed by atoms with Gasteiger partial charge in [0.2, 0.25) is 0 Å². The van der Waals surface area contributed by atoms with Gasteiger partial charge in [0, 0.05) is 25.1 Å². The monoisotopic (exact) mass is 204 g/mol. The Balaban J connectivity index is 2.31. The van der Waals surface area contributed by atoms with Gasteiger partial charge in [-0.15, -0.1) is 0 Å². The van der Waals surface area contributed by atoms with E-state index in [0.717, 1.165) is 6.42 Å². The van der Waals surface area contributed by atoms with Crippen molar-refractivity contribution in [2.24, 2.45) is 0 Å². The Hall–Kier alpha value is -1.91. The van der Waals surface area contributed by atoms with Crippen LogP contribution in [0.2, 0.25) is 0 Å². The summed E-state index contributed by atoms with van der Waals surface area (Å²) in [6, 6.07) is 0. The van der Waals surface area contributed by atoms with E-state index in [2.05, 4.69) is 20.3 Å². The second-order valence-corrected chi connectivity index (χ2v) is 3.21. The Morgan fingerprint density at radius 3 is 3.07 bits per heavy atom. The van der Waals surface area contributed by atoms with Gasteiger partial charge in [-0.05, 0) is 6.42 Å². The number of rotatable bonds is 3. The molecule has 2 rings (SSSR count). The van der Waals surface area contributed by atoms with Crippen molar-refractivity contribution >= 4 is 17.1 Å². The molecule has 0 saturated heterocycles. The zero-order valence-corrected chi connectivity index (χ0v) is 8.45. The first-order chi connectivity index (χ1) is 7.33. The van der Waals surface area contributed by atoms with Crippen molar-refractivity contribution in [3.63, 3.8) is 0 Å². The first kappa shape index (κ1) is 9.64. The van der Waals surface area contributed by atoms with Crippen molar-refractivity contribution in [2.75, 3.05) is 6.54 Å². The van der Waals surface area contributed by atoms with Crippen molar-refractivity contribution < 1.29 is 4.79 Å². The van der Waals surface area contributed by atoms with Crippen LogP contribution in [0.25, 0.3) is 11.2 Å². The molecule has 5 nitrogen and oxygen atoms in total. The van der Waals surface area contributed by atoms with Gasteiger partial charge in [0.15, 0.2) is 5.65 Å². The Labute approximate surface area is 86.9 Å². The molecule has 0 atom stereocenters. The fourth-order valence-corrected chi connectivity index (χ4v) is 1.36. The van der Waals surface area contributed by atoms with Crippen molar-refractivity contribution in [2.45, 2.75) is 13.3 Å². The molecule has 1 amide bonds. The lowest BCUT2D eigenvalue weighted by Gasteiger charge is -2.00. The third-order valence-electron chi connectivity index (χ3n) is 2.09. The number of aromatic nitrogens is 3. The standard InChI is InChI=1S/C10H12N4O/c1-2-3-13-10(15)7-6-14-9-8(7)11-4-5-12-9/h4-6H,2-3H2,1H3,(H,12,14)(H,13,15). The van der Waals surface area contributed by atoms with Crippen LogP contribution in [0.1, 0.15) is 23.7 Å². The molecule has 0 aliphatic rings. The highest BCUT2D eigenvalue weighted by Gasteiger charge is 2.12. The van der Waals surface area contributed by atoms with E-state index < -0.39 is 0 Å². The maximum atomic E-state index is 11.7. The Morgan fingerprint density at radius 2 is 2.27 bits per heavy atom. The molecule has 2 heterocycles. The molecule has 15 heavy (non-hydrogen) atoms. The van der Waals surface area contributed by atoms with Crippen molar-refractivity contribution in [3.05, 3.63) is 24.2 Å². The molecule has 0 unspecified atom stereocenters. The van der Waals surface area contributed by atoms with Crippen LogP contribution < -0.4 is 5.32 Å². The summed E-state index contributed by atoms with van der Waals surface area (Å²) in [4.78, 5) is 22.8. The van der Waals surface area contributed by atoms with Gasteiger partial charge in [-0.25, -0.2) is 4.98 Å². The molecule has 0 radical (unpaired) electrons. The summed E-state index contributed by atoms with van der Waals surface area (Å²) < 4.78 is 0. The highest BCUT2D eigenvalue weighted by Crippen LogP contribution is 2.12. The SMILES string of the molecule is CCCNC(=O)c1c[nH]c2nccnc12. The molecule has 2 aromatic heterocycles. The number of H-pyrrole nitrogens is 1. The highest BCUT2D eigenvalue weighted by atomic mass is 16.1. The summed E-state index contributed by atoms with van der Waals surface area (Å²) in [5.74, 6) is -0.108. The number of aromatic amines is 1. The number of hydrogen-bond donors (Lipinski definition) is 2. The summed E-state index contributed by atoms with van der Waals surface area (Å²) in [6.07, 6.45) is 5.72. The molecule has 0 aromatic carbocycles. The van der Waals surface area contributed by atoms with Crippen LogP contribution >= 0.6 is 0 Å². The Kier molecular flexibility index (Phi) is 2.62. The molecule has 0 spiro atoms. The largest absolute Gasteiger partial charge is 0.352 e. The molecule has 0 aliphatic heterocycles. The zero-order chi connectivity index (χ0) is 10.7. The van der Waals surface area contributed by atoms with Crippen LogP contribution in [0.4, 0.5) is 0 Å². The smallest absolute Gasteiger partial charge is 0.255 e. The van der Waals surface area contributed by atoms with E-state index in [1.807, 2.05) is 6.92 Å². The van der Waals surface area contributed by atoms with Crippen molar-refractivity contribution in [3.8, 4) is 0 Å². The van der Waals surface area contributed by atoms with Gasteiger partial charge >= 0.3 is 0 Å². The summed E-state index contributed by atoms with van der Waals surface area (Å²) in [7, 11) is 0. The van der Waals surface area contributed by atoms with E-state index in [9.17, 15) is 4.79 Å². The van der Waals surface area contributed by atoms with E-state index in [-0.39, 0.29) is 5.91 Å². The third kappa shape index (κ3) is 1.81. The second kappa shape index (κ2) is 4.08. The Bertz CT molecular complexity index is 477. The summed E-state index contributed by atoms with van der Waals surface area (Å²) in [5, 5.41) is 2.80. The predicted octanol–water partition coefficient (Wildman–Crippen LogP) is 1.10. The predicted molar refractivity (Wildman–Crippen MR) is 56.5 cm³/mol. The number of carbonyl (C=O) groups is 1. The number of hydrogen-bond acceptors (Lipinski definition) is 3. The highest BCUT2D eigenvalue weighted by molar-refractivity contribution is 6.04. The fourth-order valence-electron chi connectivity index (χ4n) is 1.36. The van der Waals surface area contributed by atoms with Crippen LogP contribution in [0.5, 0.6) is 0 Å². The fraction of sp³-hybridized carbons (Fsp3) is 0.300. The number of amides is 1. The van der Waals surface area contributed by atoms with Crippen LogP contribution in [-0.4, -0.2) is 27.4 Å². The van der Waals surface area contributed by atoms with Gasteiger partial charge in [-0.1, -0.05) is 6.92 Å². The minimum atomic E-state index is -0.108. The topological polar surface area (TPSA) is 70.7 Å². The van der Waals surface area contributed by atoms with Gasteiger partial charge in [0.05, 0.1) is 5.56 Å². The molecular formula is C10H12N4O. The molecule has 0 aliphatic carbocycles. The van der Waals surface area contributed by atoms with Crippen molar-refractivity contribution in [1.82, 2.24) is 20.3 Å². The van der Waals surface area contributed by atoms with E-state index >= 15 is 0 Å². The second-order valence-electron chi connectivity index (χ2n) is 3.21. The molecule has 2 aromatic rings. The van der Waals surface area contributed by atoms with E-state index in [1.54, 1.807) is 18.6 Å². The zero-order valence-electron chi connectivity index (χ0n) is 8.45. The van der Waals surface area contributed by atoms with Crippen molar-refractivity contribution in [1.29, 1.82) is 0 Å². The quantitative estimate of drug-likeness (QED) is 0.786. The first-order valence-electron chi connectivity index (χ1n) is 4.89. The van der Waals surface area contributed by atoms with Crippen LogP contribution in [0.15, 0.2) is 18.6 Å². The molecule has 5 heteroatoms. The average Bonchev–Trinajstić information content (AvgIpc) is 2.69. The summed E-state index contributed by atoms with van der Waals surface area (Å²) in [6.45, 7) is 2.68. The number of carbonyl (C=O) groups excluding carboxylic acids is 1. The molecule has 0 bridgehead atoms. The van der Waals surface area contributed by atoms with Gasteiger partial charge in [0.1, 0.15) is 5.52 Å². The molecule has 78 valence electrons. The number of nitrogens with zero attached hydrogens (tertiary/aromatic N) is 2. The molecule has 0 saturated carbocycles. The number of nitrogens with one attached hydrogen (secondary N) is 2. The third-order valence-corrected chi connectivity index (χ3v) is 2.09. The average molecular weight is 204 g/mol. The summed E-state index contributed by atoms with van der Waals surface area (Å²) in [5.41, 5.74) is 1.80. The molecule has 2 N–H and O–H groups in total. The van der Waals surface area contributed by atoms with Gasteiger partial charge < -0.3 is 10.3 Å². The van der Waals surface area contributed by atoms with Crippen LogP contribution in [0, 0.1) is 0 Å². The molecule has 0 fully saturated rings. The maximum absolute atomic E-state index is 11.7. The van der Waals surface area contributed by atoms with Crippen LogP contribution in [-0.2, 0) is 0 Å². The van der Waals surface area contributed by atoms with Crippen LogP contribution in [0.3, 0.4) is 0 Å². The van der Waals surface area contributed by atoms with E-state index in [4.69, 9.17) is 0 Å². The number of fused-ring (bicyclic) bond motifs is 1.